The van der Waals surface area contributed by atoms with Crippen molar-refractivity contribution in [1.82, 2.24) is 0 Å². The summed E-state index contributed by atoms with van der Waals surface area (Å²) in [5.74, 6) is 0.0994. The van der Waals surface area contributed by atoms with Crippen LogP contribution in [-0.4, -0.2) is 25.0 Å². The Bertz CT molecular complexity index is 391. The second-order valence-electron chi connectivity index (χ2n) is 5.64. The van der Waals surface area contributed by atoms with Crippen molar-refractivity contribution in [3.63, 3.8) is 0 Å². The normalized spacial score (nSPS) is 20.1. The van der Waals surface area contributed by atoms with E-state index in [1.54, 1.807) is 0 Å². The Labute approximate surface area is 109 Å². The van der Waals surface area contributed by atoms with Crippen LogP contribution in [0.2, 0.25) is 0 Å². The minimum absolute atomic E-state index is 0.223. The number of ether oxygens (including phenoxy) is 2. The van der Waals surface area contributed by atoms with Crippen molar-refractivity contribution in [3.05, 3.63) is 29.8 Å². The number of anilines is 1. The molecule has 0 unspecified atom stereocenters. The summed E-state index contributed by atoms with van der Waals surface area (Å²) in [5.41, 5.74) is 2.48. The van der Waals surface area contributed by atoms with E-state index in [0.29, 0.717) is 19.1 Å². The van der Waals surface area contributed by atoms with Crippen LogP contribution >= 0.6 is 0 Å². The Kier molecular flexibility index (Phi) is 3.93. The van der Waals surface area contributed by atoms with Crippen LogP contribution in [0, 0.1) is 0 Å². The van der Waals surface area contributed by atoms with Crippen LogP contribution in [0.3, 0.4) is 0 Å². The van der Waals surface area contributed by atoms with Crippen molar-refractivity contribution < 1.29 is 9.47 Å². The van der Waals surface area contributed by atoms with E-state index in [2.05, 4.69) is 43.4 Å². The highest BCUT2D eigenvalue weighted by atomic mass is 16.7. The molecular weight excluding hydrogens is 226 g/mol. The van der Waals surface area contributed by atoms with Gasteiger partial charge >= 0.3 is 0 Å². The van der Waals surface area contributed by atoms with E-state index in [1.165, 1.54) is 5.56 Å². The summed E-state index contributed by atoms with van der Waals surface area (Å²) in [6.07, 6.45) is 0. The topological polar surface area (TPSA) is 30.5 Å². The summed E-state index contributed by atoms with van der Waals surface area (Å²) in [6.45, 7) is 9.66. The second kappa shape index (κ2) is 5.29. The lowest BCUT2D eigenvalue weighted by Gasteiger charge is -2.35. The third kappa shape index (κ3) is 3.47. The number of hydrogen-bond acceptors (Lipinski definition) is 3. The maximum Gasteiger partial charge on any atom is 0.162 e. The molecule has 3 heteroatoms. The number of rotatable bonds is 3. The van der Waals surface area contributed by atoms with Crippen LogP contribution in [0.1, 0.15) is 39.2 Å². The maximum absolute atomic E-state index is 5.64. The number of hydrogen-bond donors (Lipinski definition) is 1. The first-order chi connectivity index (χ1) is 8.46. The Balaban J connectivity index is 1.96. The van der Waals surface area contributed by atoms with E-state index < -0.39 is 5.79 Å². The number of benzene rings is 1. The van der Waals surface area contributed by atoms with Crippen LogP contribution in [0.5, 0.6) is 0 Å². The zero-order valence-corrected chi connectivity index (χ0v) is 11.7. The Morgan fingerprint density at radius 2 is 1.89 bits per heavy atom. The van der Waals surface area contributed by atoms with Gasteiger partial charge in [0.2, 0.25) is 0 Å². The van der Waals surface area contributed by atoms with E-state index >= 15 is 0 Å². The zero-order chi connectivity index (χ0) is 13.2. The fourth-order valence-corrected chi connectivity index (χ4v) is 2.00. The summed E-state index contributed by atoms with van der Waals surface area (Å²) in [7, 11) is 0. The van der Waals surface area contributed by atoms with Gasteiger partial charge in [-0.15, -0.1) is 0 Å². The number of nitrogens with one attached hydrogen (secondary N) is 1. The fourth-order valence-electron chi connectivity index (χ4n) is 2.00. The molecule has 1 aromatic rings. The molecule has 0 aliphatic carbocycles. The van der Waals surface area contributed by atoms with Crippen molar-refractivity contribution in [3.8, 4) is 0 Å². The summed E-state index contributed by atoms with van der Waals surface area (Å²) in [6, 6.07) is 8.76. The van der Waals surface area contributed by atoms with Crippen molar-refractivity contribution in [2.24, 2.45) is 0 Å². The van der Waals surface area contributed by atoms with E-state index in [-0.39, 0.29) is 6.04 Å². The van der Waals surface area contributed by atoms with Gasteiger partial charge in [-0.05, 0) is 37.5 Å². The Hall–Kier alpha value is -1.06. The predicted molar refractivity (Wildman–Crippen MR) is 73.9 cm³/mol. The zero-order valence-electron chi connectivity index (χ0n) is 11.7. The van der Waals surface area contributed by atoms with Gasteiger partial charge in [0.05, 0.1) is 19.3 Å². The molecule has 1 heterocycles. The SMILES string of the molecule is CC(C)c1cccc(NC2COC(C)(C)OC2)c1. The summed E-state index contributed by atoms with van der Waals surface area (Å²) in [5, 5.41) is 3.46. The van der Waals surface area contributed by atoms with Gasteiger partial charge in [0.1, 0.15) is 0 Å². The molecule has 1 saturated heterocycles. The Morgan fingerprint density at radius 3 is 2.50 bits per heavy atom. The third-order valence-corrected chi connectivity index (χ3v) is 3.19. The maximum atomic E-state index is 5.64. The molecule has 0 amide bonds. The van der Waals surface area contributed by atoms with Crippen molar-refractivity contribution in [1.29, 1.82) is 0 Å². The van der Waals surface area contributed by atoms with Crippen molar-refractivity contribution in [2.75, 3.05) is 18.5 Å². The average Bonchev–Trinajstić information content (AvgIpc) is 2.32. The van der Waals surface area contributed by atoms with Crippen LogP contribution in [0.4, 0.5) is 5.69 Å². The molecular formula is C15H23NO2. The monoisotopic (exact) mass is 249 g/mol. The van der Waals surface area contributed by atoms with Crippen molar-refractivity contribution >= 4 is 5.69 Å². The minimum Gasteiger partial charge on any atom is -0.378 e. The van der Waals surface area contributed by atoms with E-state index in [1.807, 2.05) is 13.8 Å². The first-order valence-corrected chi connectivity index (χ1v) is 6.61. The average molecular weight is 249 g/mol. The highest BCUT2D eigenvalue weighted by Gasteiger charge is 2.28. The first-order valence-electron chi connectivity index (χ1n) is 6.61. The minimum atomic E-state index is -0.446. The van der Waals surface area contributed by atoms with Gasteiger partial charge in [0, 0.05) is 5.69 Å². The van der Waals surface area contributed by atoms with E-state index in [4.69, 9.17) is 9.47 Å². The quantitative estimate of drug-likeness (QED) is 0.891. The first kappa shape index (κ1) is 13.4. The van der Waals surface area contributed by atoms with Crippen LogP contribution in [0.25, 0.3) is 0 Å². The van der Waals surface area contributed by atoms with Gasteiger partial charge in [0.25, 0.3) is 0 Å². The molecule has 1 aliphatic heterocycles. The standard InChI is InChI=1S/C15H23NO2/c1-11(2)12-6-5-7-13(8-12)16-14-9-17-15(3,4)18-10-14/h5-8,11,14,16H,9-10H2,1-4H3. The lowest BCUT2D eigenvalue weighted by atomic mass is 10.0. The van der Waals surface area contributed by atoms with Gasteiger partial charge in [-0.25, -0.2) is 0 Å². The molecule has 1 aliphatic rings. The van der Waals surface area contributed by atoms with Gasteiger partial charge in [0.15, 0.2) is 5.79 Å². The van der Waals surface area contributed by atoms with E-state index in [9.17, 15) is 0 Å². The summed E-state index contributed by atoms with van der Waals surface area (Å²) < 4.78 is 11.3. The molecule has 1 fully saturated rings. The molecule has 0 spiro atoms. The molecule has 0 saturated carbocycles. The fraction of sp³-hybridized carbons (Fsp3) is 0.600. The Morgan fingerprint density at radius 1 is 1.22 bits per heavy atom. The highest BCUT2D eigenvalue weighted by Crippen LogP contribution is 2.22. The van der Waals surface area contributed by atoms with Gasteiger partial charge in [-0.3, -0.25) is 0 Å². The van der Waals surface area contributed by atoms with E-state index in [0.717, 1.165) is 5.69 Å². The largest absolute Gasteiger partial charge is 0.378 e. The van der Waals surface area contributed by atoms with Gasteiger partial charge in [-0.2, -0.15) is 0 Å². The lowest BCUT2D eigenvalue weighted by molar-refractivity contribution is -0.247. The molecule has 100 valence electrons. The molecule has 1 N–H and O–H groups in total. The predicted octanol–water partition coefficient (Wildman–Crippen LogP) is 3.37. The van der Waals surface area contributed by atoms with Gasteiger partial charge in [-0.1, -0.05) is 26.0 Å². The van der Waals surface area contributed by atoms with Gasteiger partial charge < -0.3 is 14.8 Å². The van der Waals surface area contributed by atoms with Crippen LogP contribution < -0.4 is 5.32 Å². The smallest absolute Gasteiger partial charge is 0.162 e. The molecule has 0 atom stereocenters. The molecule has 1 aromatic carbocycles. The van der Waals surface area contributed by atoms with Crippen LogP contribution in [0.15, 0.2) is 24.3 Å². The second-order valence-corrected chi connectivity index (χ2v) is 5.64. The summed E-state index contributed by atoms with van der Waals surface area (Å²) in [4.78, 5) is 0. The third-order valence-electron chi connectivity index (χ3n) is 3.19. The molecule has 2 rings (SSSR count). The van der Waals surface area contributed by atoms with Crippen LogP contribution in [-0.2, 0) is 9.47 Å². The molecule has 3 nitrogen and oxygen atoms in total. The van der Waals surface area contributed by atoms with Crippen molar-refractivity contribution in [2.45, 2.75) is 45.4 Å². The lowest BCUT2D eigenvalue weighted by Crippen LogP contribution is -2.45. The molecule has 0 bridgehead atoms. The summed E-state index contributed by atoms with van der Waals surface area (Å²) >= 11 is 0. The highest BCUT2D eigenvalue weighted by molar-refractivity contribution is 5.47. The molecule has 0 aromatic heterocycles. The molecule has 0 radical (unpaired) electrons. The molecule has 18 heavy (non-hydrogen) atoms.